The maximum Gasteiger partial charge on any atom is 0.224 e. The van der Waals surface area contributed by atoms with Gasteiger partial charge in [0.05, 0.1) is 17.7 Å². The topological polar surface area (TPSA) is 66.5 Å². The van der Waals surface area contributed by atoms with E-state index >= 15 is 0 Å². The van der Waals surface area contributed by atoms with Gasteiger partial charge in [0, 0.05) is 13.1 Å². The van der Waals surface area contributed by atoms with E-state index in [1.807, 2.05) is 49.4 Å². The van der Waals surface area contributed by atoms with Crippen LogP contribution in [0.15, 0.2) is 54.6 Å². The lowest BCUT2D eigenvalue weighted by molar-refractivity contribution is -0.126. The van der Waals surface area contributed by atoms with E-state index in [2.05, 4.69) is 24.4 Å². The molecule has 1 fully saturated rings. The molecule has 0 radical (unpaired) electrons. The van der Waals surface area contributed by atoms with Crippen LogP contribution in [0, 0.1) is 12.8 Å². The SMILES string of the molecule is CC[C@@H](NC(=O)[C@@H]1CCCN(S(=O)(=O)CCCc2ccccc2)C1)c1ccc(C)cc1. The normalized spacial score (nSPS) is 18.5. The van der Waals surface area contributed by atoms with Gasteiger partial charge in [-0.1, -0.05) is 67.1 Å². The number of hydrogen-bond acceptors (Lipinski definition) is 3. The average molecular weight is 443 g/mol. The van der Waals surface area contributed by atoms with Crippen molar-refractivity contribution in [3.05, 3.63) is 71.3 Å². The minimum atomic E-state index is -3.36. The maximum atomic E-state index is 12.9. The summed E-state index contributed by atoms with van der Waals surface area (Å²) in [5, 5.41) is 3.15. The third-order valence-electron chi connectivity index (χ3n) is 6.06. The van der Waals surface area contributed by atoms with Crippen LogP contribution >= 0.6 is 0 Å². The summed E-state index contributed by atoms with van der Waals surface area (Å²) in [7, 11) is -3.36. The summed E-state index contributed by atoms with van der Waals surface area (Å²) in [5.41, 5.74) is 3.42. The second-order valence-electron chi connectivity index (χ2n) is 8.48. The summed E-state index contributed by atoms with van der Waals surface area (Å²) in [5.74, 6) is -0.217. The molecule has 5 nitrogen and oxygen atoms in total. The molecule has 0 saturated carbocycles. The summed E-state index contributed by atoms with van der Waals surface area (Å²) < 4.78 is 27.3. The number of sulfonamides is 1. The van der Waals surface area contributed by atoms with Gasteiger partial charge in [0.2, 0.25) is 15.9 Å². The highest BCUT2D eigenvalue weighted by Crippen LogP contribution is 2.23. The molecule has 168 valence electrons. The van der Waals surface area contributed by atoms with Gasteiger partial charge in [0.15, 0.2) is 0 Å². The van der Waals surface area contributed by atoms with Gasteiger partial charge in [-0.15, -0.1) is 0 Å². The number of amides is 1. The lowest BCUT2D eigenvalue weighted by atomic mass is 9.97. The van der Waals surface area contributed by atoms with E-state index < -0.39 is 10.0 Å². The molecule has 0 unspecified atom stereocenters. The van der Waals surface area contributed by atoms with Crippen molar-refractivity contribution in [3.8, 4) is 0 Å². The Kier molecular flexibility index (Phi) is 8.27. The first kappa shape index (κ1) is 23.5. The van der Waals surface area contributed by atoms with Gasteiger partial charge in [0.1, 0.15) is 0 Å². The Labute approximate surface area is 186 Å². The first-order valence-corrected chi connectivity index (χ1v) is 12.9. The fourth-order valence-electron chi connectivity index (χ4n) is 4.15. The van der Waals surface area contributed by atoms with Gasteiger partial charge in [0.25, 0.3) is 0 Å². The van der Waals surface area contributed by atoms with E-state index in [-0.39, 0.29) is 30.2 Å². The number of rotatable bonds is 9. The Morgan fingerprint density at radius 3 is 2.52 bits per heavy atom. The van der Waals surface area contributed by atoms with Crippen molar-refractivity contribution < 1.29 is 13.2 Å². The number of carbonyl (C=O) groups excluding carboxylic acids is 1. The molecule has 0 spiro atoms. The van der Waals surface area contributed by atoms with Crippen molar-refractivity contribution in [2.24, 2.45) is 5.92 Å². The third kappa shape index (κ3) is 6.65. The molecule has 1 aliphatic rings. The van der Waals surface area contributed by atoms with Gasteiger partial charge in [-0.3, -0.25) is 4.79 Å². The number of nitrogens with zero attached hydrogens (tertiary/aromatic N) is 1. The predicted octanol–water partition coefficient (Wildman–Crippen LogP) is 4.24. The smallest absolute Gasteiger partial charge is 0.224 e. The van der Waals surface area contributed by atoms with Crippen LogP contribution in [0.4, 0.5) is 0 Å². The van der Waals surface area contributed by atoms with Crippen LogP contribution in [0.5, 0.6) is 0 Å². The lowest BCUT2D eigenvalue weighted by Gasteiger charge is -2.32. The molecule has 2 atom stereocenters. The fourth-order valence-corrected chi connectivity index (χ4v) is 5.73. The van der Waals surface area contributed by atoms with Gasteiger partial charge < -0.3 is 5.32 Å². The Balaban J connectivity index is 1.55. The number of benzene rings is 2. The molecule has 31 heavy (non-hydrogen) atoms. The van der Waals surface area contributed by atoms with Crippen LogP contribution in [-0.4, -0.2) is 37.5 Å². The van der Waals surface area contributed by atoms with E-state index in [0.717, 1.165) is 36.8 Å². The molecular formula is C25H34N2O3S. The maximum absolute atomic E-state index is 12.9. The number of nitrogens with one attached hydrogen (secondary N) is 1. The summed E-state index contributed by atoms with van der Waals surface area (Å²) in [6.45, 7) is 4.88. The molecule has 0 bridgehead atoms. The minimum Gasteiger partial charge on any atom is -0.349 e. The molecule has 2 aromatic carbocycles. The second kappa shape index (κ2) is 10.9. The van der Waals surface area contributed by atoms with Gasteiger partial charge in [-0.25, -0.2) is 12.7 Å². The van der Waals surface area contributed by atoms with Crippen LogP contribution in [0.25, 0.3) is 0 Å². The molecule has 3 rings (SSSR count). The highest BCUT2D eigenvalue weighted by molar-refractivity contribution is 7.89. The van der Waals surface area contributed by atoms with E-state index in [1.54, 1.807) is 0 Å². The highest BCUT2D eigenvalue weighted by Gasteiger charge is 2.32. The summed E-state index contributed by atoms with van der Waals surface area (Å²) in [4.78, 5) is 12.9. The van der Waals surface area contributed by atoms with Crippen molar-refractivity contribution in [1.82, 2.24) is 9.62 Å². The van der Waals surface area contributed by atoms with Crippen molar-refractivity contribution >= 4 is 15.9 Å². The molecule has 0 aromatic heterocycles. The van der Waals surface area contributed by atoms with Crippen LogP contribution in [0.2, 0.25) is 0 Å². The van der Waals surface area contributed by atoms with Gasteiger partial charge >= 0.3 is 0 Å². The second-order valence-corrected chi connectivity index (χ2v) is 10.6. The first-order valence-electron chi connectivity index (χ1n) is 11.3. The molecule has 1 saturated heterocycles. The van der Waals surface area contributed by atoms with E-state index in [4.69, 9.17) is 0 Å². The summed E-state index contributed by atoms with van der Waals surface area (Å²) in [6, 6.07) is 18.1. The molecule has 0 aliphatic carbocycles. The third-order valence-corrected chi connectivity index (χ3v) is 7.99. The van der Waals surface area contributed by atoms with Crippen molar-refractivity contribution in [3.63, 3.8) is 0 Å². The van der Waals surface area contributed by atoms with Crippen molar-refractivity contribution in [2.45, 2.75) is 52.0 Å². The first-order chi connectivity index (χ1) is 14.9. The van der Waals surface area contributed by atoms with Crippen molar-refractivity contribution in [2.75, 3.05) is 18.8 Å². The van der Waals surface area contributed by atoms with E-state index in [0.29, 0.717) is 13.0 Å². The molecule has 1 heterocycles. The Hall–Kier alpha value is -2.18. The number of aryl methyl sites for hydroxylation is 2. The monoisotopic (exact) mass is 442 g/mol. The van der Waals surface area contributed by atoms with E-state index in [9.17, 15) is 13.2 Å². The number of piperidine rings is 1. The number of carbonyl (C=O) groups is 1. The Bertz CT molecular complexity index is 942. The zero-order valence-electron chi connectivity index (χ0n) is 18.6. The van der Waals surface area contributed by atoms with Crippen LogP contribution < -0.4 is 5.32 Å². The summed E-state index contributed by atoms with van der Waals surface area (Å²) in [6.07, 6.45) is 3.57. The Morgan fingerprint density at radius 2 is 1.84 bits per heavy atom. The predicted molar refractivity (Wildman–Crippen MR) is 125 cm³/mol. The minimum absolute atomic E-state index is 0.0448. The average Bonchev–Trinajstić information content (AvgIpc) is 2.78. The molecule has 2 aromatic rings. The zero-order chi connectivity index (χ0) is 22.3. The zero-order valence-corrected chi connectivity index (χ0v) is 19.4. The largest absolute Gasteiger partial charge is 0.349 e. The quantitative estimate of drug-likeness (QED) is 0.632. The van der Waals surface area contributed by atoms with Crippen LogP contribution in [-0.2, 0) is 21.2 Å². The molecule has 1 amide bonds. The van der Waals surface area contributed by atoms with E-state index in [1.165, 1.54) is 9.87 Å². The fraction of sp³-hybridized carbons (Fsp3) is 0.480. The number of hydrogen-bond donors (Lipinski definition) is 1. The van der Waals surface area contributed by atoms with Gasteiger partial charge in [-0.05, 0) is 50.2 Å². The highest BCUT2D eigenvalue weighted by atomic mass is 32.2. The lowest BCUT2D eigenvalue weighted by Crippen LogP contribution is -2.46. The van der Waals surface area contributed by atoms with Crippen LogP contribution in [0.3, 0.4) is 0 Å². The van der Waals surface area contributed by atoms with Gasteiger partial charge in [-0.2, -0.15) is 0 Å². The molecule has 6 heteroatoms. The van der Waals surface area contributed by atoms with Crippen molar-refractivity contribution in [1.29, 1.82) is 0 Å². The Morgan fingerprint density at radius 1 is 1.13 bits per heavy atom. The standard InChI is InChI=1S/C25H34N2O3S/c1-3-24(22-15-13-20(2)14-16-22)26-25(28)23-12-7-17-27(19-23)31(29,30)18-8-11-21-9-5-4-6-10-21/h4-6,9-10,13-16,23-24H,3,7-8,11-12,17-19H2,1-2H3,(H,26,28)/t23-,24-/m1/s1. The van der Waals surface area contributed by atoms with Crippen LogP contribution in [0.1, 0.15) is 55.3 Å². The molecule has 1 aliphatic heterocycles. The molecule has 1 N–H and O–H groups in total. The molecular weight excluding hydrogens is 408 g/mol. The summed E-state index contributed by atoms with van der Waals surface area (Å²) >= 11 is 0.